The van der Waals surface area contributed by atoms with E-state index in [4.69, 9.17) is 12.2 Å². The van der Waals surface area contributed by atoms with Crippen molar-refractivity contribution in [2.45, 2.75) is 26.9 Å². The van der Waals surface area contributed by atoms with E-state index in [1.54, 1.807) is 13.0 Å². The molecule has 23 heavy (non-hydrogen) atoms. The highest BCUT2D eigenvalue weighted by Crippen LogP contribution is 2.23. The molecule has 0 aromatic heterocycles. The zero-order chi connectivity index (χ0) is 16.8. The number of rotatable bonds is 5. The smallest absolute Gasteiger partial charge is 0.387 e. The van der Waals surface area contributed by atoms with Crippen molar-refractivity contribution in [2.75, 3.05) is 10.6 Å². The Morgan fingerprint density at radius 3 is 2.48 bits per heavy atom. The van der Waals surface area contributed by atoms with Crippen molar-refractivity contribution in [1.29, 1.82) is 0 Å². The summed E-state index contributed by atoms with van der Waals surface area (Å²) in [7, 11) is 0. The number of benzene rings is 2. The van der Waals surface area contributed by atoms with Crippen molar-refractivity contribution in [3.05, 3.63) is 53.6 Å². The van der Waals surface area contributed by atoms with Gasteiger partial charge in [-0.05, 0) is 61.0 Å². The van der Waals surface area contributed by atoms with Crippen LogP contribution in [-0.4, -0.2) is 11.7 Å². The molecule has 2 N–H and O–H groups in total. The number of anilines is 2. The molecule has 2 aromatic carbocycles. The topological polar surface area (TPSA) is 33.3 Å². The Kier molecular flexibility index (Phi) is 5.87. The molecule has 122 valence electrons. The van der Waals surface area contributed by atoms with Crippen molar-refractivity contribution in [2.24, 2.45) is 0 Å². The van der Waals surface area contributed by atoms with Gasteiger partial charge >= 0.3 is 6.61 Å². The van der Waals surface area contributed by atoms with Gasteiger partial charge in [0, 0.05) is 11.4 Å². The third-order valence-corrected chi connectivity index (χ3v) is 3.52. The Balaban J connectivity index is 2.05. The van der Waals surface area contributed by atoms with Crippen LogP contribution >= 0.6 is 12.2 Å². The maximum absolute atomic E-state index is 12.2. The molecule has 6 heteroatoms. The number of thiocarbonyl (C=S) groups is 1. The van der Waals surface area contributed by atoms with Crippen LogP contribution in [0.4, 0.5) is 20.2 Å². The summed E-state index contributed by atoms with van der Waals surface area (Å²) in [5.74, 6) is 0.123. The molecule has 0 heterocycles. The average molecular weight is 336 g/mol. The van der Waals surface area contributed by atoms with E-state index in [1.807, 2.05) is 24.3 Å². The molecule has 0 spiro atoms. The summed E-state index contributed by atoms with van der Waals surface area (Å²) in [6.45, 7) is 1.04. The quantitative estimate of drug-likeness (QED) is 0.756. The van der Waals surface area contributed by atoms with Crippen LogP contribution in [0.2, 0.25) is 0 Å². The van der Waals surface area contributed by atoms with Gasteiger partial charge in [-0.3, -0.25) is 0 Å². The second-order valence-corrected chi connectivity index (χ2v) is 5.35. The van der Waals surface area contributed by atoms with Crippen LogP contribution in [0.3, 0.4) is 0 Å². The van der Waals surface area contributed by atoms with Gasteiger partial charge in [0.15, 0.2) is 5.11 Å². The number of nitrogens with one attached hydrogen (secondary N) is 2. The molecule has 0 atom stereocenters. The molecular formula is C17H18F2N2OS. The van der Waals surface area contributed by atoms with Crippen LogP contribution in [0.5, 0.6) is 5.75 Å². The number of hydrogen-bond acceptors (Lipinski definition) is 2. The minimum atomic E-state index is -2.83. The van der Waals surface area contributed by atoms with Crippen LogP contribution in [0.1, 0.15) is 18.1 Å². The van der Waals surface area contributed by atoms with Crippen molar-refractivity contribution in [1.82, 2.24) is 0 Å². The molecule has 0 radical (unpaired) electrons. The minimum absolute atomic E-state index is 0.123. The van der Waals surface area contributed by atoms with Crippen molar-refractivity contribution >= 4 is 28.7 Å². The zero-order valence-corrected chi connectivity index (χ0v) is 13.7. The van der Waals surface area contributed by atoms with E-state index in [1.165, 1.54) is 12.1 Å². The maximum atomic E-state index is 12.2. The molecular weight excluding hydrogens is 318 g/mol. The molecule has 2 aromatic rings. The lowest BCUT2D eigenvalue weighted by Crippen LogP contribution is -2.20. The fraction of sp³-hybridized carbons (Fsp3) is 0.235. The van der Waals surface area contributed by atoms with Gasteiger partial charge in [0.1, 0.15) is 5.75 Å². The molecule has 0 aliphatic rings. The number of para-hydroxylation sites is 1. The van der Waals surface area contributed by atoms with Crippen molar-refractivity contribution in [3.63, 3.8) is 0 Å². The Hall–Kier alpha value is -2.21. The summed E-state index contributed by atoms with van der Waals surface area (Å²) in [5, 5.41) is 6.66. The molecule has 0 unspecified atom stereocenters. The second kappa shape index (κ2) is 7.87. The lowest BCUT2D eigenvalue weighted by atomic mass is 10.1. The zero-order valence-electron chi connectivity index (χ0n) is 12.9. The van der Waals surface area contributed by atoms with E-state index in [-0.39, 0.29) is 5.75 Å². The Bertz CT molecular complexity index is 692. The van der Waals surface area contributed by atoms with E-state index >= 15 is 0 Å². The van der Waals surface area contributed by atoms with Crippen molar-refractivity contribution < 1.29 is 13.5 Å². The van der Waals surface area contributed by atoms with Gasteiger partial charge < -0.3 is 15.4 Å². The van der Waals surface area contributed by atoms with Crippen LogP contribution in [0, 0.1) is 6.92 Å². The number of halogens is 2. The van der Waals surface area contributed by atoms with Gasteiger partial charge in [-0.2, -0.15) is 8.78 Å². The highest BCUT2D eigenvalue weighted by Gasteiger charge is 2.08. The van der Waals surface area contributed by atoms with E-state index in [9.17, 15) is 8.78 Å². The van der Waals surface area contributed by atoms with E-state index in [2.05, 4.69) is 22.3 Å². The summed E-state index contributed by atoms with van der Waals surface area (Å²) < 4.78 is 28.8. The van der Waals surface area contributed by atoms with E-state index in [0.29, 0.717) is 5.11 Å². The van der Waals surface area contributed by atoms with Gasteiger partial charge in [0.2, 0.25) is 0 Å². The number of aryl methyl sites for hydroxylation is 2. The molecule has 0 aliphatic carbocycles. The predicted molar refractivity (Wildman–Crippen MR) is 93.5 cm³/mol. The van der Waals surface area contributed by atoms with Crippen LogP contribution in [0.15, 0.2) is 42.5 Å². The molecule has 3 nitrogen and oxygen atoms in total. The SMILES string of the molecule is CCc1ccccc1NC(=S)Nc1ccc(OC(F)F)cc1C. The predicted octanol–water partition coefficient (Wildman–Crippen LogP) is 4.97. The first-order valence-corrected chi connectivity index (χ1v) is 7.61. The third-order valence-electron chi connectivity index (χ3n) is 3.32. The Morgan fingerprint density at radius 2 is 1.83 bits per heavy atom. The van der Waals surface area contributed by atoms with Crippen LogP contribution in [-0.2, 0) is 6.42 Å². The molecule has 2 rings (SSSR count). The monoisotopic (exact) mass is 336 g/mol. The van der Waals surface area contributed by atoms with Crippen LogP contribution < -0.4 is 15.4 Å². The van der Waals surface area contributed by atoms with Gasteiger partial charge in [-0.1, -0.05) is 25.1 Å². The standard InChI is InChI=1S/C17H18F2N2OS/c1-3-12-6-4-5-7-15(12)21-17(23)20-14-9-8-13(10-11(14)2)22-16(18)19/h4-10,16H,3H2,1-2H3,(H2,20,21,23). The molecule has 0 amide bonds. The fourth-order valence-electron chi connectivity index (χ4n) is 2.18. The molecule has 0 saturated carbocycles. The van der Waals surface area contributed by atoms with Crippen molar-refractivity contribution in [3.8, 4) is 5.75 Å². The van der Waals surface area contributed by atoms with Crippen LogP contribution in [0.25, 0.3) is 0 Å². The minimum Gasteiger partial charge on any atom is -0.435 e. The van der Waals surface area contributed by atoms with Gasteiger partial charge in [-0.15, -0.1) is 0 Å². The summed E-state index contributed by atoms with van der Waals surface area (Å²) in [4.78, 5) is 0. The lowest BCUT2D eigenvalue weighted by molar-refractivity contribution is -0.0498. The number of alkyl halides is 2. The first-order valence-electron chi connectivity index (χ1n) is 7.21. The molecule has 0 aliphatic heterocycles. The third kappa shape index (κ3) is 4.89. The summed E-state index contributed by atoms with van der Waals surface area (Å²) in [6.07, 6.45) is 0.893. The summed E-state index contributed by atoms with van der Waals surface area (Å²) in [5.41, 5.74) is 3.60. The number of hydrogen-bond donors (Lipinski definition) is 2. The van der Waals surface area contributed by atoms with E-state index in [0.717, 1.165) is 28.9 Å². The average Bonchev–Trinajstić information content (AvgIpc) is 2.50. The van der Waals surface area contributed by atoms with Gasteiger partial charge in [-0.25, -0.2) is 0 Å². The first-order chi connectivity index (χ1) is 11.0. The maximum Gasteiger partial charge on any atom is 0.387 e. The van der Waals surface area contributed by atoms with E-state index < -0.39 is 6.61 Å². The Morgan fingerprint density at radius 1 is 1.13 bits per heavy atom. The lowest BCUT2D eigenvalue weighted by Gasteiger charge is -2.15. The summed E-state index contributed by atoms with van der Waals surface area (Å²) in [6, 6.07) is 12.6. The normalized spacial score (nSPS) is 10.5. The second-order valence-electron chi connectivity index (χ2n) is 4.95. The molecule has 0 fully saturated rings. The molecule has 0 saturated heterocycles. The first kappa shape index (κ1) is 17.1. The summed E-state index contributed by atoms with van der Waals surface area (Å²) >= 11 is 5.31. The van der Waals surface area contributed by atoms with Gasteiger partial charge in [0.25, 0.3) is 0 Å². The largest absolute Gasteiger partial charge is 0.435 e. The highest BCUT2D eigenvalue weighted by atomic mass is 32.1. The van der Waals surface area contributed by atoms with Gasteiger partial charge in [0.05, 0.1) is 0 Å². The number of ether oxygens (including phenoxy) is 1. The fourth-order valence-corrected chi connectivity index (χ4v) is 2.40. The highest BCUT2D eigenvalue weighted by molar-refractivity contribution is 7.80. The Labute approximate surface area is 139 Å². The molecule has 0 bridgehead atoms.